The molecule has 12 aromatic carbocycles. The van der Waals surface area contributed by atoms with Crippen LogP contribution in [0.3, 0.4) is 0 Å². The third-order valence-corrected chi connectivity index (χ3v) is 16.7. The van der Waals surface area contributed by atoms with Gasteiger partial charge >= 0.3 is 0 Å². The molecule has 0 spiro atoms. The molecule has 1 aliphatic rings. The van der Waals surface area contributed by atoms with E-state index >= 15 is 0 Å². The average molecular weight is 1030 g/mol. The fourth-order valence-electron chi connectivity index (χ4n) is 12.6. The minimum Gasteiger partial charge on any atom is -0.310 e. The summed E-state index contributed by atoms with van der Waals surface area (Å²) in [5.41, 5.74) is 24.8. The lowest BCUT2D eigenvalue weighted by atomic mass is 9.67. The van der Waals surface area contributed by atoms with Crippen LogP contribution in [0, 0.1) is 0 Å². The first-order valence-electron chi connectivity index (χ1n) is 28.2. The zero-order chi connectivity index (χ0) is 54.6. The highest BCUT2D eigenvalue weighted by atomic mass is 15.1. The molecule has 0 fully saturated rings. The molecule has 1 nitrogen and oxygen atoms in total. The Morgan fingerprint density at radius 1 is 0.275 bits per heavy atom. The smallest absolute Gasteiger partial charge is 0.0714 e. The number of benzene rings is 12. The van der Waals surface area contributed by atoms with Gasteiger partial charge in [0.1, 0.15) is 0 Å². The van der Waals surface area contributed by atoms with Crippen LogP contribution >= 0.6 is 0 Å². The highest BCUT2D eigenvalue weighted by Crippen LogP contribution is 2.58. The Balaban J connectivity index is 1.04. The van der Waals surface area contributed by atoms with Crippen molar-refractivity contribution in [2.45, 2.75) is 57.8 Å². The second kappa shape index (κ2) is 20.2. The van der Waals surface area contributed by atoms with Crippen molar-refractivity contribution in [3.05, 3.63) is 318 Å². The minimum absolute atomic E-state index is 0.0300. The summed E-state index contributed by atoms with van der Waals surface area (Å²) in [5, 5.41) is 2.46. The lowest BCUT2D eigenvalue weighted by molar-refractivity contribution is 0.569. The van der Waals surface area contributed by atoms with Crippen molar-refractivity contribution >= 4 is 27.8 Å². The second-order valence-electron chi connectivity index (χ2n) is 23.7. The number of anilines is 3. The molecule has 386 valence electrons. The van der Waals surface area contributed by atoms with Gasteiger partial charge in [0.05, 0.1) is 11.1 Å². The monoisotopic (exact) mass is 1030 g/mol. The summed E-state index contributed by atoms with van der Waals surface area (Å²) in [7, 11) is 0. The van der Waals surface area contributed by atoms with Crippen LogP contribution in [0.15, 0.2) is 285 Å². The van der Waals surface area contributed by atoms with Gasteiger partial charge in [-0.05, 0) is 153 Å². The van der Waals surface area contributed by atoms with Crippen molar-refractivity contribution in [2.75, 3.05) is 4.90 Å². The van der Waals surface area contributed by atoms with E-state index < -0.39 is 5.41 Å². The van der Waals surface area contributed by atoms with Gasteiger partial charge in [-0.3, -0.25) is 0 Å². The van der Waals surface area contributed by atoms with Crippen molar-refractivity contribution in [3.8, 4) is 66.8 Å². The Hall–Kier alpha value is -9.30. The predicted molar refractivity (Wildman–Crippen MR) is 341 cm³/mol. The van der Waals surface area contributed by atoms with Crippen LogP contribution in [0.5, 0.6) is 0 Å². The first-order valence-corrected chi connectivity index (χ1v) is 28.2. The number of para-hydroxylation sites is 1. The summed E-state index contributed by atoms with van der Waals surface area (Å²) >= 11 is 0. The van der Waals surface area contributed by atoms with Gasteiger partial charge in [-0.15, -0.1) is 0 Å². The summed E-state index contributed by atoms with van der Waals surface area (Å²) in [6.07, 6.45) is 0. The van der Waals surface area contributed by atoms with Crippen molar-refractivity contribution in [2.24, 2.45) is 0 Å². The third-order valence-electron chi connectivity index (χ3n) is 16.7. The zero-order valence-electron chi connectivity index (χ0n) is 46.6. The van der Waals surface area contributed by atoms with Crippen LogP contribution < -0.4 is 4.90 Å². The summed E-state index contributed by atoms with van der Waals surface area (Å²) in [6.45, 7) is 14.0. The zero-order valence-corrected chi connectivity index (χ0v) is 46.6. The Labute approximate surface area is 473 Å². The van der Waals surface area contributed by atoms with E-state index in [1.807, 2.05) is 0 Å². The summed E-state index contributed by atoms with van der Waals surface area (Å²) < 4.78 is 0. The Kier molecular flexibility index (Phi) is 12.7. The van der Waals surface area contributed by atoms with Crippen LogP contribution in [-0.2, 0) is 16.2 Å². The van der Waals surface area contributed by atoms with E-state index in [1.54, 1.807) is 0 Å². The van der Waals surface area contributed by atoms with Crippen LogP contribution in [0.2, 0.25) is 0 Å². The van der Waals surface area contributed by atoms with Crippen LogP contribution in [0.4, 0.5) is 17.1 Å². The van der Waals surface area contributed by atoms with Gasteiger partial charge in [0.2, 0.25) is 0 Å². The molecule has 80 heavy (non-hydrogen) atoms. The van der Waals surface area contributed by atoms with E-state index in [9.17, 15) is 0 Å². The van der Waals surface area contributed by atoms with Gasteiger partial charge in [-0.25, -0.2) is 0 Å². The molecule has 0 aromatic heterocycles. The van der Waals surface area contributed by atoms with E-state index in [2.05, 4.69) is 332 Å². The van der Waals surface area contributed by atoms with Crippen molar-refractivity contribution in [1.82, 2.24) is 0 Å². The maximum absolute atomic E-state index is 2.51. The molecule has 12 aromatic rings. The van der Waals surface area contributed by atoms with Crippen molar-refractivity contribution < 1.29 is 0 Å². The summed E-state index contributed by atoms with van der Waals surface area (Å²) in [5.74, 6) is 0. The molecular weight excluding hydrogens is 963 g/mol. The Morgan fingerprint density at radius 2 is 0.750 bits per heavy atom. The topological polar surface area (TPSA) is 3.24 Å². The van der Waals surface area contributed by atoms with E-state index in [4.69, 9.17) is 0 Å². The van der Waals surface area contributed by atoms with Crippen LogP contribution in [-0.4, -0.2) is 0 Å². The predicted octanol–water partition coefficient (Wildman–Crippen LogP) is 21.6. The maximum Gasteiger partial charge on any atom is 0.0714 e. The molecule has 0 heterocycles. The number of hydrogen-bond acceptors (Lipinski definition) is 1. The number of hydrogen-bond donors (Lipinski definition) is 0. The highest BCUT2D eigenvalue weighted by molar-refractivity contribution is 6.09. The molecular formula is C79H65N. The molecule has 1 aliphatic carbocycles. The lowest BCUT2D eigenvalue weighted by Gasteiger charge is -2.35. The van der Waals surface area contributed by atoms with Gasteiger partial charge in [-0.1, -0.05) is 290 Å². The first-order chi connectivity index (χ1) is 38.9. The van der Waals surface area contributed by atoms with Gasteiger partial charge in [0, 0.05) is 16.9 Å². The lowest BCUT2D eigenvalue weighted by Crippen LogP contribution is -2.28. The maximum atomic E-state index is 2.51. The van der Waals surface area contributed by atoms with E-state index in [-0.39, 0.29) is 10.8 Å². The van der Waals surface area contributed by atoms with Gasteiger partial charge in [-0.2, -0.15) is 0 Å². The Bertz CT molecular complexity index is 4140. The molecule has 0 aliphatic heterocycles. The second-order valence-corrected chi connectivity index (χ2v) is 23.7. The summed E-state index contributed by atoms with van der Waals surface area (Å²) in [4.78, 5) is 2.51. The van der Waals surface area contributed by atoms with E-state index in [0.29, 0.717) is 0 Å². The van der Waals surface area contributed by atoms with Crippen LogP contribution in [0.25, 0.3) is 77.5 Å². The van der Waals surface area contributed by atoms with E-state index in [0.717, 1.165) is 28.2 Å². The number of nitrogens with zero attached hydrogens (tertiary/aromatic N) is 1. The van der Waals surface area contributed by atoms with E-state index in [1.165, 1.54) is 99.8 Å². The van der Waals surface area contributed by atoms with Gasteiger partial charge in [0.15, 0.2) is 0 Å². The van der Waals surface area contributed by atoms with Gasteiger partial charge in [0.25, 0.3) is 0 Å². The molecule has 0 bridgehead atoms. The fourth-order valence-corrected chi connectivity index (χ4v) is 12.6. The Morgan fingerprint density at radius 3 is 1.36 bits per heavy atom. The van der Waals surface area contributed by atoms with Crippen molar-refractivity contribution in [3.63, 3.8) is 0 Å². The number of fused-ring (bicyclic) bond motifs is 4. The highest BCUT2D eigenvalue weighted by Gasteiger charge is 2.46. The summed E-state index contributed by atoms with van der Waals surface area (Å²) in [6, 6.07) is 106. The number of rotatable bonds is 10. The third kappa shape index (κ3) is 8.84. The van der Waals surface area contributed by atoms with Crippen LogP contribution in [0.1, 0.15) is 74.9 Å². The fraction of sp³-hybridized carbons (Fsp3) is 0.114. The normalized spacial score (nSPS) is 12.7. The quantitative estimate of drug-likeness (QED) is 0.132. The molecule has 13 rings (SSSR count). The molecule has 0 atom stereocenters. The minimum atomic E-state index is -0.570. The molecule has 0 N–H and O–H groups in total. The molecule has 0 saturated carbocycles. The molecule has 0 unspecified atom stereocenters. The molecule has 0 amide bonds. The largest absolute Gasteiger partial charge is 0.310 e. The molecule has 0 saturated heterocycles. The standard InChI is InChI=1S/C79H65N/c1-77(2,3)62-49-59(50-63(52-62)78(4,5)6)67-37-23-29-57-30-24-38-71(76(57)67)70-36-20-22-40-75(70)80(64-44-41-54(42-45-64)58-43-47-66(55-25-11-7-12-26-55)72(51-58)56-27-13-8-14-28-56)65-46-48-69-68-35-19-21-39-73(68)79(74(69)53-65,60-31-15-9-16-32-60)61-33-17-10-18-34-61/h7-53H,1-6H3. The average Bonchev–Trinajstić information content (AvgIpc) is 4.06. The first kappa shape index (κ1) is 50.2. The molecule has 1 heteroatoms. The van der Waals surface area contributed by atoms with Crippen molar-refractivity contribution in [1.29, 1.82) is 0 Å². The van der Waals surface area contributed by atoms with Gasteiger partial charge < -0.3 is 4.90 Å². The molecule has 0 radical (unpaired) electrons. The SMILES string of the molecule is CC(C)(C)c1cc(-c2cccc3cccc(-c4ccccc4N(c4ccc(-c5ccc(-c6ccccc6)c(-c6ccccc6)c5)cc4)c4ccc5c(c4)C(c4ccccc4)(c4ccccc4)c4ccccc4-5)c23)cc(C(C)(C)C)c1.